The summed E-state index contributed by atoms with van der Waals surface area (Å²) >= 11 is 0. The maximum atomic E-state index is 11.8. The molecule has 0 saturated carbocycles. The topological polar surface area (TPSA) is 57.9 Å². The summed E-state index contributed by atoms with van der Waals surface area (Å²) in [5.74, 6) is 1.07. The van der Waals surface area contributed by atoms with E-state index in [2.05, 4.69) is 19.6 Å². The van der Waals surface area contributed by atoms with Crippen molar-refractivity contribution in [3.63, 3.8) is 0 Å². The zero-order valence-corrected chi connectivity index (χ0v) is 13.5. The van der Waals surface area contributed by atoms with Gasteiger partial charge < -0.3 is 18.3 Å². The Morgan fingerprint density at radius 1 is 1.35 bits per heavy atom. The van der Waals surface area contributed by atoms with E-state index in [1.807, 2.05) is 6.08 Å². The maximum absolute atomic E-state index is 11.8. The van der Waals surface area contributed by atoms with Gasteiger partial charge in [0, 0.05) is 19.1 Å². The first-order chi connectivity index (χ1) is 9.35. The molecule has 0 fully saturated rings. The van der Waals surface area contributed by atoms with E-state index in [-0.39, 0.29) is 6.10 Å². The predicted octanol–water partition coefficient (Wildman–Crippen LogP) is 3.05. The van der Waals surface area contributed by atoms with Crippen LogP contribution in [-0.4, -0.2) is 28.5 Å². The van der Waals surface area contributed by atoms with Gasteiger partial charge in [0.05, 0.1) is 12.9 Å². The fourth-order valence-corrected chi connectivity index (χ4v) is 3.14. The van der Waals surface area contributed by atoms with Gasteiger partial charge in [0.25, 0.3) is 0 Å². The lowest BCUT2D eigenvalue weighted by molar-refractivity contribution is 0.0599. The van der Waals surface area contributed by atoms with Crippen molar-refractivity contribution in [1.29, 1.82) is 0 Å². The molecule has 0 radical (unpaired) electrons. The van der Waals surface area contributed by atoms with Gasteiger partial charge in [0.2, 0.25) is 8.32 Å². The Morgan fingerprint density at radius 3 is 2.60 bits per heavy atom. The Hall–Kier alpha value is -1.53. The Bertz CT molecular complexity index is 538. The Balaban J connectivity index is 2.35. The van der Waals surface area contributed by atoms with Crippen LogP contribution in [0.25, 0.3) is 0 Å². The van der Waals surface area contributed by atoms with E-state index in [0.29, 0.717) is 17.7 Å². The van der Waals surface area contributed by atoms with Crippen LogP contribution < -0.4 is 0 Å². The van der Waals surface area contributed by atoms with E-state index in [1.54, 1.807) is 7.11 Å². The number of esters is 1. The van der Waals surface area contributed by atoms with Crippen molar-refractivity contribution >= 4 is 14.3 Å². The molecule has 1 aliphatic rings. The number of rotatable bonds is 4. The molecular formula is C14H20O5Si. The molecule has 0 bridgehead atoms. The summed E-state index contributed by atoms with van der Waals surface area (Å²) in [4.78, 5) is 11.8. The molecule has 1 atom stereocenters. The third-order valence-electron chi connectivity index (χ3n) is 2.97. The highest BCUT2D eigenvalue weighted by atomic mass is 28.4. The van der Waals surface area contributed by atoms with Crippen LogP contribution in [0.4, 0.5) is 0 Å². The van der Waals surface area contributed by atoms with Gasteiger partial charge in [-0.05, 0) is 25.7 Å². The van der Waals surface area contributed by atoms with E-state index < -0.39 is 14.3 Å². The predicted molar refractivity (Wildman–Crippen MR) is 76.0 cm³/mol. The van der Waals surface area contributed by atoms with E-state index >= 15 is 0 Å². The standard InChI is InChI=1S/C14H20O5Si/c1-16-12-7-9(19-20(3,4)5)6-10-11(14(15)17-2)8-18-13(10)12/h7-8,12H,6H2,1-5H3/t12-/m1/s1. The number of ether oxygens (including phenoxy) is 2. The quantitative estimate of drug-likeness (QED) is 0.631. The molecule has 0 aromatic carbocycles. The van der Waals surface area contributed by atoms with Crippen LogP contribution in [0.2, 0.25) is 19.6 Å². The lowest BCUT2D eigenvalue weighted by Crippen LogP contribution is -2.27. The number of hydrogen-bond acceptors (Lipinski definition) is 5. The van der Waals surface area contributed by atoms with Crippen LogP contribution in [0.5, 0.6) is 0 Å². The minimum absolute atomic E-state index is 0.330. The molecule has 110 valence electrons. The Labute approximate surface area is 119 Å². The molecule has 20 heavy (non-hydrogen) atoms. The molecule has 1 aliphatic carbocycles. The molecule has 2 rings (SSSR count). The van der Waals surface area contributed by atoms with Crippen molar-refractivity contribution in [1.82, 2.24) is 0 Å². The fourth-order valence-electron chi connectivity index (χ4n) is 2.22. The van der Waals surface area contributed by atoms with Gasteiger partial charge in [0.1, 0.15) is 23.7 Å². The highest BCUT2D eigenvalue weighted by Gasteiger charge is 2.31. The van der Waals surface area contributed by atoms with Crippen LogP contribution in [0, 0.1) is 0 Å². The molecule has 0 saturated heterocycles. The minimum atomic E-state index is -1.71. The second-order valence-electron chi connectivity index (χ2n) is 5.66. The van der Waals surface area contributed by atoms with Crippen molar-refractivity contribution in [2.75, 3.05) is 14.2 Å². The van der Waals surface area contributed by atoms with Gasteiger partial charge in [-0.15, -0.1) is 0 Å². The summed E-state index contributed by atoms with van der Waals surface area (Å²) in [6.45, 7) is 6.34. The first-order valence-electron chi connectivity index (χ1n) is 6.46. The molecule has 1 heterocycles. The number of carbonyl (C=O) groups is 1. The molecule has 6 heteroatoms. The average molecular weight is 296 g/mol. The lowest BCUT2D eigenvalue weighted by atomic mass is 9.98. The highest BCUT2D eigenvalue weighted by Crippen LogP contribution is 2.35. The van der Waals surface area contributed by atoms with Gasteiger partial charge in [-0.25, -0.2) is 4.79 Å². The van der Waals surface area contributed by atoms with Crippen LogP contribution in [-0.2, 0) is 20.3 Å². The van der Waals surface area contributed by atoms with E-state index in [0.717, 1.165) is 11.3 Å². The van der Waals surface area contributed by atoms with Crippen LogP contribution in [0.1, 0.15) is 27.8 Å². The Kier molecular flexibility index (Phi) is 4.05. The van der Waals surface area contributed by atoms with E-state index in [9.17, 15) is 4.79 Å². The first kappa shape index (κ1) is 14.9. The number of furan rings is 1. The van der Waals surface area contributed by atoms with Crippen molar-refractivity contribution in [3.05, 3.63) is 35.0 Å². The van der Waals surface area contributed by atoms with Crippen molar-refractivity contribution in [2.45, 2.75) is 32.2 Å². The summed E-state index contributed by atoms with van der Waals surface area (Å²) in [6, 6.07) is 0. The summed E-state index contributed by atoms with van der Waals surface area (Å²) < 4.78 is 21.7. The van der Waals surface area contributed by atoms with Crippen LogP contribution >= 0.6 is 0 Å². The van der Waals surface area contributed by atoms with Gasteiger partial charge >= 0.3 is 5.97 Å². The second-order valence-corrected chi connectivity index (χ2v) is 10.1. The zero-order valence-electron chi connectivity index (χ0n) is 12.5. The fraction of sp³-hybridized carbons (Fsp3) is 0.500. The SMILES string of the molecule is COC(=O)c1coc2c1CC(O[Si](C)(C)C)=C[C@H]2OC. The monoisotopic (exact) mass is 296 g/mol. The molecular weight excluding hydrogens is 276 g/mol. The van der Waals surface area contributed by atoms with Crippen molar-refractivity contribution in [3.8, 4) is 0 Å². The number of hydrogen-bond donors (Lipinski definition) is 0. The van der Waals surface area contributed by atoms with E-state index in [4.69, 9.17) is 18.3 Å². The molecule has 0 aliphatic heterocycles. The van der Waals surface area contributed by atoms with Crippen molar-refractivity contribution in [2.24, 2.45) is 0 Å². The van der Waals surface area contributed by atoms with Gasteiger partial charge in [-0.1, -0.05) is 0 Å². The summed E-state index contributed by atoms with van der Waals surface area (Å²) in [5, 5.41) is 0. The number of fused-ring (bicyclic) bond motifs is 1. The number of carbonyl (C=O) groups excluding carboxylic acids is 1. The van der Waals surface area contributed by atoms with Crippen LogP contribution in [0.3, 0.4) is 0 Å². The van der Waals surface area contributed by atoms with Gasteiger partial charge in [0.15, 0.2) is 0 Å². The smallest absolute Gasteiger partial charge is 0.341 e. The largest absolute Gasteiger partial charge is 0.547 e. The normalized spacial score (nSPS) is 18.2. The molecule has 0 unspecified atom stereocenters. The van der Waals surface area contributed by atoms with Gasteiger partial charge in [-0.2, -0.15) is 0 Å². The third-order valence-corrected chi connectivity index (χ3v) is 3.84. The minimum Gasteiger partial charge on any atom is -0.547 e. The molecule has 0 spiro atoms. The first-order valence-corrected chi connectivity index (χ1v) is 9.87. The number of allylic oxidation sites excluding steroid dienone is 1. The molecule has 5 nitrogen and oxygen atoms in total. The summed E-state index contributed by atoms with van der Waals surface area (Å²) in [7, 11) is 1.24. The highest BCUT2D eigenvalue weighted by molar-refractivity contribution is 6.70. The van der Waals surface area contributed by atoms with Crippen LogP contribution in [0.15, 0.2) is 22.5 Å². The van der Waals surface area contributed by atoms with Gasteiger partial charge in [-0.3, -0.25) is 0 Å². The second kappa shape index (κ2) is 5.45. The molecule has 1 aromatic heterocycles. The summed E-state index contributed by atoms with van der Waals surface area (Å²) in [6.07, 6.45) is 3.53. The third kappa shape index (κ3) is 2.96. The van der Waals surface area contributed by atoms with E-state index in [1.165, 1.54) is 13.4 Å². The van der Waals surface area contributed by atoms with Crippen molar-refractivity contribution < 1.29 is 23.1 Å². The number of methoxy groups -OCH3 is 2. The Morgan fingerprint density at radius 2 is 2.05 bits per heavy atom. The summed E-state index contributed by atoms with van der Waals surface area (Å²) in [5.41, 5.74) is 1.23. The molecule has 0 N–H and O–H groups in total. The maximum Gasteiger partial charge on any atom is 0.341 e. The zero-order chi connectivity index (χ0) is 14.9. The molecule has 1 aromatic rings. The lowest BCUT2D eigenvalue weighted by Gasteiger charge is -2.26. The average Bonchev–Trinajstić information content (AvgIpc) is 2.78. The molecule has 0 amide bonds.